The van der Waals surface area contributed by atoms with Crippen molar-refractivity contribution in [3.05, 3.63) is 35.9 Å². The summed E-state index contributed by atoms with van der Waals surface area (Å²) < 4.78 is 0. The van der Waals surface area contributed by atoms with Gasteiger partial charge in [-0.2, -0.15) is 0 Å². The largest absolute Gasteiger partial charge is 0.316 e. The molecule has 70 valence electrons. The Morgan fingerprint density at radius 3 is 2.69 bits per heavy atom. The van der Waals surface area contributed by atoms with Gasteiger partial charge in [-0.1, -0.05) is 37.3 Å². The van der Waals surface area contributed by atoms with Crippen LogP contribution in [-0.4, -0.2) is 13.1 Å². The van der Waals surface area contributed by atoms with Crippen LogP contribution in [0.15, 0.2) is 30.3 Å². The third-order valence-electron chi connectivity index (χ3n) is 3.01. The molecule has 0 unspecified atom stereocenters. The highest BCUT2D eigenvalue weighted by Gasteiger charge is 2.21. The van der Waals surface area contributed by atoms with Crippen molar-refractivity contribution >= 4 is 0 Å². The summed E-state index contributed by atoms with van der Waals surface area (Å²) in [4.78, 5) is 0. The highest BCUT2D eigenvalue weighted by molar-refractivity contribution is 5.20. The monoisotopic (exact) mass is 175 g/mol. The summed E-state index contributed by atoms with van der Waals surface area (Å²) in [6.45, 7) is 4.67. The van der Waals surface area contributed by atoms with E-state index in [2.05, 4.69) is 42.6 Å². The minimum absolute atomic E-state index is 0.766. The van der Waals surface area contributed by atoms with E-state index in [4.69, 9.17) is 0 Å². The molecule has 1 N–H and O–H groups in total. The standard InChI is InChI=1S/C12H17N/c1-10-9-13-8-7-12(10)11-5-3-2-4-6-11/h2-6,10,12-13H,7-9H2,1H3/t10-,12+/m1/s1. The van der Waals surface area contributed by atoms with Gasteiger partial charge in [-0.15, -0.1) is 0 Å². The smallest absolute Gasteiger partial charge is 0.00173 e. The number of piperidine rings is 1. The van der Waals surface area contributed by atoms with E-state index in [1.807, 2.05) is 0 Å². The van der Waals surface area contributed by atoms with Crippen molar-refractivity contribution in [2.45, 2.75) is 19.3 Å². The first-order valence-electron chi connectivity index (χ1n) is 5.13. The predicted octanol–water partition coefficient (Wildman–Crippen LogP) is 2.40. The average Bonchev–Trinajstić information content (AvgIpc) is 2.20. The predicted molar refractivity (Wildman–Crippen MR) is 55.8 cm³/mol. The Morgan fingerprint density at radius 2 is 2.00 bits per heavy atom. The van der Waals surface area contributed by atoms with Crippen molar-refractivity contribution < 1.29 is 0 Å². The van der Waals surface area contributed by atoms with E-state index in [-0.39, 0.29) is 0 Å². The molecule has 1 heterocycles. The van der Waals surface area contributed by atoms with Gasteiger partial charge in [0.2, 0.25) is 0 Å². The zero-order valence-corrected chi connectivity index (χ0v) is 8.16. The maximum atomic E-state index is 3.43. The normalized spacial score (nSPS) is 28.7. The Hall–Kier alpha value is -0.820. The molecular weight excluding hydrogens is 158 g/mol. The van der Waals surface area contributed by atoms with E-state index in [1.165, 1.54) is 25.1 Å². The van der Waals surface area contributed by atoms with Gasteiger partial charge in [0.05, 0.1) is 0 Å². The number of benzene rings is 1. The fraction of sp³-hybridized carbons (Fsp3) is 0.500. The fourth-order valence-corrected chi connectivity index (χ4v) is 2.21. The van der Waals surface area contributed by atoms with Gasteiger partial charge in [0.25, 0.3) is 0 Å². The van der Waals surface area contributed by atoms with Crippen LogP contribution < -0.4 is 5.32 Å². The van der Waals surface area contributed by atoms with Gasteiger partial charge in [0.1, 0.15) is 0 Å². The third kappa shape index (κ3) is 1.92. The van der Waals surface area contributed by atoms with Crippen LogP contribution in [0.4, 0.5) is 0 Å². The molecule has 1 aliphatic heterocycles. The summed E-state index contributed by atoms with van der Waals surface area (Å²) in [7, 11) is 0. The van der Waals surface area contributed by atoms with Crippen LogP contribution >= 0.6 is 0 Å². The summed E-state index contributed by atoms with van der Waals surface area (Å²) in [5.74, 6) is 1.54. The topological polar surface area (TPSA) is 12.0 Å². The van der Waals surface area contributed by atoms with Gasteiger partial charge in [-0.05, 0) is 36.9 Å². The van der Waals surface area contributed by atoms with Crippen LogP contribution in [0.5, 0.6) is 0 Å². The Labute approximate surface area is 80.2 Å². The minimum Gasteiger partial charge on any atom is -0.316 e. The quantitative estimate of drug-likeness (QED) is 0.691. The number of rotatable bonds is 1. The highest BCUT2D eigenvalue weighted by atomic mass is 14.9. The molecule has 1 aromatic rings. The molecule has 0 spiro atoms. The SMILES string of the molecule is C[C@@H]1CNCC[C@@H]1c1ccccc1. The Bertz CT molecular complexity index is 255. The lowest BCUT2D eigenvalue weighted by Gasteiger charge is -2.29. The summed E-state index contributed by atoms with van der Waals surface area (Å²) in [6, 6.07) is 10.9. The molecule has 0 aromatic heterocycles. The molecule has 1 aromatic carbocycles. The second-order valence-corrected chi connectivity index (χ2v) is 3.99. The molecule has 0 amide bonds. The Balaban J connectivity index is 2.15. The van der Waals surface area contributed by atoms with Gasteiger partial charge in [0.15, 0.2) is 0 Å². The summed E-state index contributed by atoms with van der Waals surface area (Å²) in [5.41, 5.74) is 1.51. The molecule has 0 radical (unpaired) electrons. The lowest BCUT2D eigenvalue weighted by atomic mass is 9.82. The summed E-state index contributed by atoms with van der Waals surface area (Å²) in [6.07, 6.45) is 1.28. The van der Waals surface area contributed by atoms with Crippen molar-refractivity contribution in [1.29, 1.82) is 0 Å². The lowest BCUT2D eigenvalue weighted by molar-refractivity contribution is 0.349. The van der Waals surface area contributed by atoms with Crippen molar-refractivity contribution in [3.8, 4) is 0 Å². The first kappa shape index (κ1) is 8.76. The second-order valence-electron chi connectivity index (χ2n) is 3.99. The van der Waals surface area contributed by atoms with Crippen LogP contribution in [0.25, 0.3) is 0 Å². The van der Waals surface area contributed by atoms with Gasteiger partial charge in [-0.25, -0.2) is 0 Å². The van der Waals surface area contributed by atoms with Crippen LogP contribution in [-0.2, 0) is 0 Å². The summed E-state index contributed by atoms with van der Waals surface area (Å²) in [5, 5.41) is 3.43. The van der Waals surface area contributed by atoms with Crippen LogP contribution in [0, 0.1) is 5.92 Å². The average molecular weight is 175 g/mol. The van der Waals surface area contributed by atoms with Crippen molar-refractivity contribution in [2.75, 3.05) is 13.1 Å². The lowest BCUT2D eigenvalue weighted by Crippen LogP contribution is -2.33. The second kappa shape index (κ2) is 3.93. The molecule has 2 atom stereocenters. The maximum absolute atomic E-state index is 3.43. The number of hydrogen-bond donors (Lipinski definition) is 1. The van der Waals surface area contributed by atoms with Crippen LogP contribution in [0.3, 0.4) is 0 Å². The molecule has 2 rings (SSSR count). The van der Waals surface area contributed by atoms with E-state index in [9.17, 15) is 0 Å². The minimum atomic E-state index is 0.766. The molecule has 1 aliphatic rings. The van der Waals surface area contributed by atoms with Crippen molar-refractivity contribution in [1.82, 2.24) is 5.32 Å². The maximum Gasteiger partial charge on any atom is -0.00173 e. The molecule has 13 heavy (non-hydrogen) atoms. The van der Waals surface area contributed by atoms with Gasteiger partial charge < -0.3 is 5.32 Å². The molecule has 0 saturated carbocycles. The zero-order valence-electron chi connectivity index (χ0n) is 8.16. The van der Waals surface area contributed by atoms with Gasteiger partial charge >= 0.3 is 0 Å². The molecule has 1 fully saturated rings. The molecule has 0 aliphatic carbocycles. The van der Waals surface area contributed by atoms with E-state index < -0.39 is 0 Å². The van der Waals surface area contributed by atoms with Crippen LogP contribution in [0.2, 0.25) is 0 Å². The first-order chi connectivity index (χ1) is 6.38. The molecule has 1 nitrogen and oxygen atoms in total. The number of hydrogen-bond acceptors (Lipinski definition) is 1. The molecular formula is C12H17N. The van der Waals surface area contributed by atoms with Gasteiger partial charge in [0, 0.05) is 0 Å². The summed E-state index contributed by atoms with van der Waals surface area (Å²) >= 11 is 0. The molecule has 0 bridgehead atoms. The van der Waals surface area contributed by atoms with Gasteiger partial charge in [-0.3, -0.25) is 0 Å². The fourth-order valence-electron chi connectivity index (χ4n) is 2.21. The van der Waals surface area contributed by atoms with E-state index in [0.717, 1.165) is 11.8 Å². The Morgan fingerprint density at radius 1 is 1.23 bits per heavy atom. The third-order valence-corrected chi connectivity index (χ3v) is 3.01. The number of nitrogens with one attached hydrogen (secondary N) is 1. The first-order valence-corrected chi connectivity index (χ1v) is 5.13. The molecule has 1 heteroatoms. The Kier molecular flexibility index (Phi) is 2.65. The van der Waals surface area contributed by atoms with Crippen molar-refractivity contribution in [2.24, 2.45) is 5.92 Å². The van der Waals surface area contributed by atoms with Crippen LogP contribution in [0.1, 0.15) is 24.8 Å². The van der Waals surface area contributed by atoms with E-state index in [0.29, 0.717) is 0 Å². The highest BCUT2D eigenvalue weighted by Crippen LogP contribution is 2.29. The van der Waals surface area contributed by atoms with E-state index in [1.54, 1.807) is 0 Å². The van der Waals surface area contributed by atoms with Crippen molar-refractivity contribution in [3.63, 3.8) is 0 Å². The zero-order chi connectivity index (χ0) is 9.10. The molecule has 1 saturated heterocycles. The van der Waals surface area contributed by atoms with E-state index >= 15 is 0 Å².